The molecule has 0 aliphatic carbocycles. The van der Waals surface area contributed by atoms with Crippen molar-refractivity contribution in [2.45, 2.75) is 19.9 Å². The molecule has 0 bridgehead atoms. The van der Waals surface area contributed by atoms with Crippen LogP contribution in [0.2, 0.25) is 0 Å². The summed E-state index contributed by atoms with van der Waals surface area (Å²) in [6.45, 7) is 4.76. The quantitative estimate of drug-likeness (QED) is 0.721. The molecule has 8 heteroatoms. The zero-order chi connectivity index (χ0) is 18.3. The van der Waals surface area contributed by atoms with Crippen LogP contribution in [0.25, 0.3) is 10.2 Å². The van der Waals surface area contributed by atoms with Crippen LogP contribution >= 0.6 is 22.7 Å². The van der Waals surface area contributed by atoms with Gasteiger partial charge in [0, 0.05) is 23.5 Å². The molecule has 26 heavy (non-hydrogen) atoms. The van der Waals surface area contributed by atoms with Crippen LogP contribution in [0.4, 0.5) is 5.00 Å². The molecule has 134 valence electrons. The highest BCUT2D eigenvalue weighted by Gasteiger charge is 2.27. The minimum atomic E-state index is -0.486. The lowest BCUT2D eigenvalue weighted by atomic mass is 10.0. The molecule has 3 heterocycles. The lowest BCUT2D eigenvalue weighted by Gasteiger charge is -2.25. The number of rotatable bonds is 4. The van der Waals surface area contributed by atoms with Crippen molar-refractivity contribution in [3.8, 4) is 0 Å². The lowest BCUT2D eigenvalue weighted by molar-refractivity contribution is 0.1000. The van der Waals surface area contributed by atoms with Gasteiger partial charge in [-0.2, -0.15) is 0 Å². The number of carbonyl (C=O) groups excluding carboxylic acids is 2. The number of hydrogen-bond acceptors (Lipinski definition) is 6. The number of fused-ring (bicyclic) bond motifs is 2. The Morgan fingerprint density at radius 1 is 1.38 bits per heavy atom. The molecule has 1 aliphatic heterocycles. The number of nitrogens with one attached hydrogen (secondary N) is 1. The number of primary amides is 1. The zero-order valence-corrected chi connectivity index (χ0v) is 15.9. The Kier molecular flexibility index (Phi) is 4.47. The van der Waals surface area contributed by atoms with E-state index >= 15 is 0 Å². The lowest BCUT2D eigenvalue weighted by Crippen LogP contribution is -2.30. The number of hydrogen-bond donors (Lipinski definition) is 2. The van der Waals surface area contributed by atoms with E-state index in [9.17, 15) is 9.59 Å². The first-order valence-electron chi connectivity index (χ1n) is 8.38. The van der Waals surface area contributed by atoms with Crippen molar-refractivity contribution in [1.29, 1.82) is 0 Å². The molecule has 0 atom stereocenters. The number of anilines is 1. The molecule has 0 radical (unpaired) electrons. The fourth-order valence-corrected chi connectivity index (χ4v) is 5.25. The predicted octanol–water partition coefficient (Wildman–Crippen LogP) is 3.09. The van der Waals surface area contributed by atoms with E-state index in [4.69, 9.17) is 5.73 Å². The van der Waals surface area contributed by atoms with Crippen molar-refractivity contribution >= 4 is 49.7 Å². The molecule has 0 saturated heterocycles. The first kappa shape index (κ1) is 17.1. The summed E-state index contributed by atoms with van der Waals surface area (Å²) in [7, 11) is 0. The predicted molar refractivity (Wildman–Crippen MR) is 105 cm³/mol. The normalized spacial score (nSPS) is 14.3. The summed E-state index contributed by atoms with van der Waals surface area (Å²) in [6, 6.07) is 5.39. The van der Waals surface area contributed by atoms with Gasteiger partial charge in [-0.25, -0.2) is 4.98 Å². The number of thiophene rings is 1. The second kappa shape index (κ2) is 6.79. The molecule has 1 aromatic carbocycles. The molecule has 3 aromatic rings. The SMILES string of the molecule is CCN1CCc2c(sc(NC(=O)c3ccc4ncsc4c3)c2C(N)=O)C1. The Balaban J connectivity index is 1.65. The average molecular weight is 387 g/mol. The molecule has 4 rings (SSSR count). The van der Waals surface area contributed by atoms with Gasteiger partial charge in [0.2, 0.25) is 0 Å². The van der Waals surface area contributed by atoms with Crippen molar-refractivity contribution in [3.63, 3.8) is 0 Å². The van der Waals surface area contributed by atoms with E-state index < -0.39 is 5.91 Å². The number of carbonyl (C=O) groups is 2. The van der Waals surface area contributed by atoms with Gasteiger partial charge in [0.25, 0.3) is 11.8 Å². The van der Waals surface area contributed by atoms with Crippen LogP contribution in [0.1, 0.15) is 38.1 Å². The van der Waals surface area contributed by atoms with Gasteiger partial charge < -0.3 is 11.1 Å². The Hall–Kier alpha value is -2.29. The first-order valence-corrected chi connectivity index (χ1v) is 10.1. The molecule has 2 amide bonds. The van der Waals surface area contributed by atoms with Crippen molar-refractivity contribution in [3.05, 3.63) is 45.3 Å². The van der Waals surface area contributed by atoms with Crippen LogP contribution in [-0.2, 0) is 13.0 Å². The van der Waals surface area contributed by atoms with E-state index in [2.05, 4.69) is 22.1 Å². The highest BCUT2D eigenvalue weighted by Crippen LogP contribution is 2.37. The van der Waals surface area contributed by atoms with Crippen molar-refractivity contribution in [2.75, 3.05) is 18.4 Å². The Morgan fingerprint density at radius 3 is 3.00 bits per heavy atom. The fourth-order valence-electron chi connectivity index (χ4n) is 3.25. The highest BCUT2D eigenvalue weighted by molar-refractivity contribution is 7.17. The molecule has 3 N–H and O–H groups in total. The second-order valence-corrected chi connectivity index (χ2v) is 8.17. The minimum Gasteiger partial charge on any atom is -0.365 e. The van der Waals surface area contributed by atoms with Crippen LogP contribution in [0, 0.1) is 0 Å². The van der Waals surface area contributed by atoms with Gasteiger partial charge in [0.1, 0.15) is 5.00 Å². The average Bonchev–Trinajstić information content (AvgIpc) is 3.23. The second-order valence-electron chi connectivity index (χ2n) is 6.18. The molecule has 0 fully saturated rings. The molecular weight excluding hydrogens is 368 g/mol. The van der Waals surface area contributed by atoms with Gasteiger partial charge in [-0.15, -0.1) is 22.7 Å². The Labute approximate surface area is 158 Å². The Bertz CT molecular complexity index is 1010. The Morgan fingerprint density at radius 2 is 2.23 bits per heavy atom. The van der Waals surface area contributed by atoms with Crippen LogP contribution in [0.15, 0.2) is 23.7 Å². The van der Waals surface area contributed by atoms with Gasteiger partial charge in [0.15, 0.2) is 0 Å². The van der Waals surface area contributed by atoms with Gasteiger partial charge in [-0.1, -0.05) is 6.92 Å². The molecule has 0 spiro atoms. The van der Waals surface area contributed by atoms with E-state index in [0.29, 0.717) is 16.1 Å². The van der Waals surface area contributed by atoms with Crippen molar-refractivity contribution < 1.29 is 9.59 Å². The standard InChI is InChI=1S/C18H18N4O2S2/c1-2-22-6-5-11-14(8-22)26-18(15(11)16(19)23)21-17(24)10-3-4-12-13(7-10)25-9-20-12/h3-4,7,9H,2,5-6,8H2,1H3,(H2,19,23)(H,21,24). The van der Waals surface area contributed by atoms with Crippen LogP contribution in [0.3, 0.4) is 0 Å². The third-order valence-electron chi connectivity index (χ3n) is 4.65. The number of likely N-dealkylation sites (N-methyl/N-ethyl adjacent to an activating group) is 1. The number of benzene rings is 1. The van der Waals surface area contributed by atoms with Crippen LogP contribution in [0.5, 0.6) is 0 Å². The fraction of sp³-hybridized carbons (Fsp3) is 0.278. The molecule has 1 aliphatic rings. The number of nitrogens with two attached hydrogens (primary N) is 1. The van der Waals surface area contributed by atoms with E-state index in [1.54, 1.807) is 11.6 Å². The van der Waals surface area contributed by atoms with Crippen LogP contribution in [-0.4, -0.2) is 34.8 Å². The summed E-state index contributed by atoms with van der Waals surface area (Å²) >= 11 is 2.94. The number of aromatic nitrogens is 1. The topological polar surface area (TPSA) is 88.3 Å². The third kappa shape index (κ3) is 3.00. The van der Waals surface area contributed by atoms with E-state index in [-0.39, 0.29) is 5.91 Å². The molecule has 6 nitrogen and oxygen atoms in total. The molecule has 0 saturated carbocycles. The number of thiazole rings is 1. The number of nitrogens with zero attached hydrogens (tertiary/aromatic N) is 2. The minimum absolute atomic E-state index is 0.242. The largest absolute Gasteiger partial charge is 0.365 e. The zero-order valence-electron chi connectivity index (χ0n) is 14.2. The van der Waals surface area contributed by atoms with Crippen molar-refractivity contribution in [1.82, 2.24) is 9.88 Å². The van der Waals surface area contributed by atoms with Crippen molar-refractivity contribution in [2.24, 2.45) is 5.73 Å². The maximum Gasteiger partial charge on any atom is 0.256 e. The van der Waals surface area contributed by atoms with E-state index in [1.807, 2.05) is 12.1 Å². The number of amides is 2. The van der Waals surface area contributed by atoms with Gasteiger partial charge in [0.05, 0.1) is 21.3 Å². The smallest absolute Gasteiger partial charge is 0.256 e. The summed E-state index contributed by atoms with van der Waals surface area (Å²) in [6.07, 6.45) is 0.778. The maximum absolute atomic E-state index is 12.7. The van der Waals surface area contributed by atoms with Gasteiger partial charge in [-0.3, -0.25) is 14.5 Å². The summed E-state index contributed by atoms with van der Waals surface area (Å²) < 4.78 is 0.955. The van der Waals surface area contributed by atoms with E-state index in [0.717, 1.165) is 46.7 Å². The summed E-state index contributed by atoms with van der Waals surface area (Å²) in [5.41, 5.74) is 10.2. The summed E-state index contributed by atoms with van der Waals surface area (Å²) in [4.78, 5) is 32.4. The molecule has 2 aromatic heterocycles. The third-order valence-corrected chi connectivity index (χ3v) is 6.57. The highest BCUT2D eigenvalue weighted by atomic mass is 32.1. The first-order chi connectivity index (χ1) is 12.6. The van der Waals surface area contributed by atoms with Crippen LogP contribution < -0.4 is 11.1 Å². The summed E-state index contributed by atoms with van der Waals surface area (Å²) in [5, 5.41) is 3.45. The summed E-state index contributed by atoms with van der Waals surface area (Å²) in [5.74, 6) is -0.727. The maximum atomic E-state index is 12.7. The monoisotopic (exact) mass is 386 g/mol. The van der Waals surface area contributed by atoms with Gasteiger partial charge >= 0.3 is 0 Å². The van der Waals surface area contributed by atoms with Gasteiger partial charge in [-0.05, 0) is 36.7 Å². The van der Waals surface area contributed by atoms with E-state index in [1.165, 1.54) is 22.7 Å². The molecular formula is C18H18N4O2S2. The molecule has 0 unspecified atom stereocenters.